The Labute approximate surface area is 168 Å². The van der Waals surface area contributed by atoms with Gasteiger partial charge in [0.25, 0.3) is 5.91 Å². The van der Waals surface area contributed by atoms with Crippen molar-refractivity contribution in [2.75, 3.05) is 26.2 Å². The molecule has 144 valence electrons. The predicted octanol–water partition coefficient (Wildman–Crippen LogP) is 2.36. The van der Waals surface area contributed by atoms with Crippen molar-refractivity contribution >= 4 is 31.9 Å². The number of hydrogen-bond donors (Lipinski definition) is 1. The first-order valence-electron chi connectivity index (χ1n) is 8.64. The van der Waals surface area contributed by atoms with E-state index in [1.165, 1.54) is 23.3 Å². The van der Waals surface area contributed by atoms with Gasteiger partial charge >= 0.3 is 0 Å². The fraction of sp³-hybridized carbons (Fsp3) is 0.316. The van der Waals surface area contributed by atoms with Crippen molar-refractivity contribution in [3.63, 3.8) is 0 Å². The lowest BCUT2D eigenvalue weighted by Gasteiger charge is -2.35. The molecule has 1 aliphatic heterocycles. The molecule has 1 amide bonds. The van der Waals surface area contributed by atoms with E-state index in [1.807, 2.05) is 12.1 Å². The van der Waals surface area contributed by atoms with Gasteiger partial charge in [-0.25, -0.2) is 13.6 Å². The molecule has 0 saturated carbocycles. The minimum atomic E-state index is -3.85. The van der Waals surface area contributed by atoms with Gasteiger partial charge in [-0.2, -0.15) is 0 Å². The van der Waals surface area contributed by atoms with Gasteiger partial charge in [0.1, 0.15) is 0 Å². The number of nitrogens with two attached hydrogens (primary N) is 1. The maximum absolute atomic E-state index is 12.9. The number of halogens is 1. The monoisotopic (exact) mass is 451 g/mol. The van der Waals surface area contributed by atoms with Gasteiger partial charge in [-0.1, -0.05) is 24.3 Å². The van der Waals surface area contributed by atoms with Crippen molar-refractivity contribution in [3.8, 4) is 0 Å². The average molecular weight is 452 g/mol. The van der Waals surface area contributed by atoms with E-state index < -0.39 is 10.0 Å². The lowest BCUT2D eigenvalue weighted by molar-refractivity contribution is 0.0627. The van der Waals surface area contributed by atoms with E-state index in [0.29, 0.717) is 23.1 Å². The van der Waals surface area contributed by atoms with Gasteiger partial charge in [0.15, 0.2) is 0 Å². The third kappa shape index (κ3) is 4.76. The standard InChI is InChI=1S/C19H22BrN3O3S/c1-14-4-2-3-5-15(14)13-22-8-10-23(11-9-22)19(24)17-12-16(27(21,25)26)6-7-18(17)20/h2-7,12H,8-11,13H2,1H3,(H2,21,25,26). The molecule has 8 heteroatoms. The summed E-state index contributed by atoms with van der Waals surface area (Å²) >= 11 is 3.33. The minimum Gasteiger partial charge on any atom is -0.336 e. The van der Waals surface area contributed by atoms with Crippen LogP contribution in [0.2, 0.25) is 0 Å². The Bertz CT molecular complexity index is 954. The van der Waals surface area contributed by atoms with Gasteiger partial charge in [-0.05, 0) is 52.2 Å². The Morgan fingerprint density at radius 2 is 1.78 bits per heavy atom. The van der Waals surface area contributed by atoms with Gasteiger partial charge in [0.2, 0.25) is 10.0 Å². The summed E-state index contributed by atoms with van der Waals surface area (Å²) < 4.78 is 23.7. The Kier molecular flexibility index (Phi) is 6.00. The van der Waals surface area contributed by atoms with Crippen molar-refractivity contribution in [1.29, 1.82) is 0 Å². The molecule has 6 nitrogen and oxygen atoms in total. The van der Waals surface area contributed by atoms with Crippen molar-refractivity contribution in [3.05, 3.63) is 63.6 Å². The highest BCUT2D eigenvalue weighted by Gasteiger charge is 2.25. The summed E-state index contributed by atoms with van der Waals surface area (Å²) in [7, 11) is -3.85. The molecule has 1 fully saturated rings. The smallest absolute Gasteiger partial charge is 0.255 e. The van der Waals surface area contributed by atoms with Crippen LogP contribution in [0.25, 0.3) is 0 Å². The second kappa shape index (κ2) is 8.10. The Morgan fingerprint density at radius 1 is 1.11 bits per heavy atom. The van der Waals surface area contributed by atoms with Crippen molar-refractivity contribution in [2.45, 2.75) is 18.4 Å². The van der Waals surface area contributed by atoms with E-state index in [2.05, 4.69) is 39.9 Å². The first-order valence-corrected chi connectivity index (χ1v) is 11.0. The van der Waals surface area contributed by atoms with Crippen LogP contribution in [-0.2, 0) is 16.6 Å². The molecule has 0 unspecified atom stereocenters. The maximum Gasteiger partial charge on any atom is 0.255 e. The number of amides is 1. The summed E-state index contributed by atoms with van der Waals surface area (Å²) in [5, 5.41) is 5.18. The van der Waals surface area contributed by atoms with Crippen LogP contribution in [0.15, 0.2) is 51.8 Å². The third-order valence-electron chi connectivity index (χ3n) is 4.81. The quantitative estimate of drug-likeness (QED) is 0.772. The number of rotatable bonds is 4. The third-order valence-corrected chi connectivity index (χ3v) is 6.41. The highest BCUT2D eigenvalue weighted by atomic mass is 79.9. The molecule has 1 saturated heterocycles. The van der Waals surface area contributed by atoms with Gasteiger partial charge in [0, 0.05) is 37.2 Å². The molecule has 1 heterocycles. The summed E-state index contributed by atoms with van der Waals surface area (Å²) in [6, 6.07) is 12.6. The SMILES string of the molecule is Cc1ccccc1CN1CCN(C(=O)c2cc(S(N)(=O)=O)ccc2Br)CC1. The van der Waals surface area contributed by atoms with E-state index in [1.54, 1.807) is 11.0 Å². The zero-order chi connectivity index (χ0) is 19.6. The van der Waals surface area contributed by atoms with Crippen molar-refractivity contribution in [2.24, 2.45) is 5.14 Å². The average Bonchev–Trinajstić information content (AvgIpc) is 2.63. The summed E-state index contributed by atoms with van der Waals surface area (Å²) in [4.78, 5) is 16.9. The Balaban J connectivity index is 1.68. The lowest BCUT2D eigenvalue weighted by Crippen LogP contribution is -2.48. The first-order chi connectivity index (χ1) is 12.8. The van der Waals surface area contributed by atoms with Crippen molar-refractivity contribution < 1.29 is 13.2 Å². The maximum atomic E-state index is 12.9. The number of sulfonamides is 1. The van der Waals surface area contributed by atoms with Gasteiger partial charge in [0.05, 0.1) is 10.5 Å². The van der Waals surface area contributed by atoms with Gasteiger partial charge in [-0.3, -0.25) is 9.69 Å². The molecule has 0 atom stereocenters. The molecule has 2 aromatic rings. The summed E-state index contributed by atoms with van der Waals surface area (Å²) in [6.45, 7) is 5.69. The van der Waals surface area contributed by atoms with E-state index in [0.717, 1.165) is 19.6 Å². The summed E-state index contributed by atoms with van der Waals surface area (Å²) in [6.07, 6.45) is 0. The molecule has 0 radical (unpaired) electrons. The summed E-state index contributed by atoms with van der Waals surface area (Å²) in [5.41, 5.74) is 2.87. The fourth-order valence-corrected chi connectivity index (χ4v) is 4.11. The number of carbonyl (C=O) groups is 1. The minimum absolute atomic E-state index is 0.0627. The molecule has 0 spiro atoms. The largest absolute Gasteiger partial charge is 0.336 e. The molecular weight excluding hydrogens is 430 g/mol. The van der Waals surface area contributed by atoms with E-state index in [4.69, 9.17) is 5.14 Å². The zero-order valence-electron chi connectivity index (χ0n) is 15.1. The second-order valence-corrected chi connectivity index (χ2v) is 9.10. The number of nitrogens with zero attached hydrogens (tertiary/aromatic N) is 2. The number of aryl methyl sites for hydroxylation is 1. The van der Waals surface area contributed by atoms with Crippen LogP contribution in [0.1, 0.15) is 21.5 Å². The van der Waals surface area contributed by atoms with Crippen molar-refractivity contribution in [1.82, 2.24) is 9.80 Å². The zero-order valence-corrected chi connectivity index (χ0v) is 17.5. The predicted molar refractivity (Wildman–Crippen MR) is 108 cm³/mol. The molecule has 1 aliphatic rings. The normalized spacial score (nSPS) is 15.7. The molecule has 2 aromatic carbocycles. The summed E-state index contributed by atoms with van der Waals surface area (Å²) in [5.74, 6) is -0.192. The topological polar surface area (TPSA) is 83.7 Å². The van der Waals surface area contributed by atoms with Crippen LogP contribution < -0.4 is 5.14 Å². The molecule has 3 rings (SSSR count). The molecule has 2 N–H and O–H groups in total. The number of hydrogen-bond acceptors (Lipinski definition) is 4. The molecule has 27 heavy (non-hydrogen) atoms. The number of piperazine rings is 1. The number of carbonyl (C=O) groups excluding carboxylic acids is 1. The highest BCUT2D eigenvalue weighted by Crippen LogP contribution is 2.23. The van der Waals surface area contributed by atoms with E-state index in [-0.39, 0.29) is 10.8 Å². The van der Waals surface area contributed by atoms with Crippen LogP contribution in [-0.4, -0.2) is 50.3 Å². The molecule has 0 aliphatic carbocycles. The Hall–Kier alpha value is -1.74. The molecular formula is C19H22BrN3O3S. The lowest BCUT2D eigenvalue weighted by atomic mass is 10.1. The Morgan fingerprint density at radius 3 is 2.41 bits per heavy atom. The second-order valence-electron chi connectivity index (χ2n) is 6.68. The van der Waals surface area contributed by atoms with Gasteiger partial charge in [-0.15, -0.1) is 0 Å². The van der Waals surface area contributed by atoms with Crippen LogP contribution in [0.3, 0.4) is 0 Å². The highest BCUT2D eigenvalue weighted by molar-refractivity contribution is 9.10. The molecule has 0 aromatic heterocycles. The fourth-order valence-electron chi connectivity index (χ4n) is 3.15. The van der Waals surface area contributed by atoms with E-state index >= 15 is 0 Å². The number of benzene rings is 2. The van der Waals surface area contributed by atoms with Gasteiger partial charge < -0.3 is 4.90 Å². The van der Waals surface area contributed by atoms with Crippen LogP contribution in [0.5, 0.6) is 0 Å². The molecule has 0 bridgehead atoms. The van der Waals surface area contributed by atoms with Crippen LogP contribution in [0.4, 0.5) is 0 Å². The van der Waals surface area contributed by atoms with Crippen LogP contribution >= 0.6 is 15.9 Å². The van der Waals surface area contributed by atoms with Crippen LogP contribution in [0, 0.1) is 6.92 Å². The first kappa shape index (κ1) is 20.0. The number of primary sulfonamides is 1. The van der Waals surface area contributed by atoms with E-state index in [9.17, 15) is 13.2 Å².